The van der Waals surface area contributed by atoms with Crippen LogP contribution in [0.4, 0.5) is 10.4 Å². The molecule has 1 aromatic carbocycles. The molecular weight excluding hydrogens is 263 g/mol. The Morgan fingerprint density at radius 1 is 1.55 bits per heavy atom. The molecule has 0 radical (unpaired) electrons. The van der Waals surface area contributed by atoms with Gasteiger partial charge in [-0.05, 0) is 25.1 Å². The third kappa shape index (κ3) is 3.22. The lowest BCUT2D eigenvalue weighted by Crippen LogP contribution is -2.14. The minimum Gasteiger partial charge on any atom is -0.432 e. The smallest absolute Gasteiger partial charge is 0.301 e. The second kappa shape index (κ2) is 5.99. The SMILES string of the molecule is Cc1coc(NC(=O)c2ccc(C#CCO)cc2F)n1. The van der Waals surface area contributed by atoms with Gasteiger partial charge in [0.15, 0.2) is 0 Å². The van der Waals surface area contributed by atoms with E-state index in [1.54, 1.807) is 6.92 Å². The number of hydrogen-bond acceptors (Lipinski definition) is 4. The van der Waals surface area contributed by atoms with Crippen LogP contribution in [0.25, 0.3) is 0 Å². The Kier molecular flexibility index (Phi) is 4.13. The second-order valence-corrected chi connectivity index (χ2v) is 3.90. The summed E-state index contributed by atoms with van der Waals surface area (Å²) in [4.78, 5) is 15.7. The summed E-state index contributed by atoms with van der Waals surface area (Å²) in [6, 6.07) is 3.93. The summed E-state index contributed by atoms with van der Waals surface area (Å²) in [6.07, 6.45) is 1.37. The van der Waals surface area contributed by atoms with Crippen LogP contribution in [0.2, 0.25) is 0 Å². The van der Waals surface area contributed by atoms with Crippen LogP contribution in [-0.4, -0.2) is 22.6 Å². The van der Waals surface area contributed by atoms with Crippen LogP contribution in [0.5, 0.6) is 0 Å². The maximum atomic E-state index is 13.8. The van der Waals surface area contributed by atoms with Gasteiger partial charge < -0.3 is 9.52 Å². The number of aliphatic hydroxyl groups excluding tert-OH is 1. The molecule has 1 heterocycles. The molecule has 102 valence electrons. The predicted octanol–water partition coefficient (Wildman–Crippen LogP) is 1.72. The van der Waals surface area contributed by atoms with Crippen molar-refractivity contribution in [3.8, 4) is 11.8 Å². The highest BCUT2D eigenvalue weighted by atomic mass is 19.1. The lowest BCUT2D eigenvalue weighted by atomic mass is 10.1. The number of halogens is 1. The number of oxazole rings is 1. The van der Waals surface area contributed by atoms with Crippen LogP contribution in [0.3, 0.4) is 0 Å². The quantitative estimate of drug-likeness (QED) is 0.818. The molecule has 0 saturated heterocycles. The van der Waals surface area contributed by atoms with Crippen molar-refractivity contribution in [2.24, 2.45) is 0 Å². The van der Waals surface area contributed by atoms with Crippen LogP contribution < -0.4 is 5.32 Å². The Balaban J connectivity index is 2.18. The lowest BCUT2D eigenvalue weighted by Gasteiger charge is -2.03. The van der Waals surface area contributed by atoms with Crippen LogP contribution >= 0.6 is 0 Å². The zero-order chi connectivity index (χ0) is 14.5. The van der Waals surface area contributed by atoms with Crippen molar-refractivity contribution in [1.29, 1.82) is 0 Å². The first-order valence-corrected chi connectivity index (χ1v) is 5.73. The molecule has 1 amide bonds. The number of aryl methyl sites for hydroxylation is 1. The number of nitrogens with one attached hydrogen (secondary N) is 1. The molecule has 0 spiro atoms. The van der Waals surface area contributed by atoms with Crippen LogP contribution in [0.15, 0.2) is 28.9 Å². The van der Waals surface area contributed by atoms with Gasteiger partial charge in [-0.2, -0.15) is 4.98 Å². The highest BCUT2D eigenvalue weighted by molar-refractivity contribution is 6.03. The first-order chi connectivity index (χ1) is 9.60. The first kappa shape index (κ1) is 13.8. The fraction of sp³-hybridized carbons (Fsp3) is 0.143. The molecule has 0 aliphatic carbocycles. The standard InChI is InChI=1S/C14H11FN2O3/c1-9-8-20-14(16-9)17-13(19)11-5-4-10(3-2-6-18)7-12(11)15/h4-5,7-8,18H,6H2,1H3,(H,16,17,19). The number of anilines is 1. The fourth-order valence-electron chi connectivity index (χ4n) is 1.49. The van der Waals surface area contributed by atoms with Crippen molar-refractivity contribution in [2.75, 3.05) is 11.9 Å². The van der Waals surface area contributed by atoms with Gasteiger partial charge in [0.2, 0.25) is 0 Å². The zero-order valence-electron chi connectivity index (χ0n) is 10.6. The average molecular weight is 274 g/mol. The summed E-state index contributed by atoms with van der Waals surface area (Å²) in [5.41, 5.74) is 0.839. The number of carbonyl (C=O) groups excluding carboxylic acids is 1. The molecule has 6 heteroatoms. The van der Waals surface area contributed by atoms with Gasteiger partial charge in [-0.15, -0.1) is 0 Å². The van der Waals surface area contributed by atoms with Gasteiger partial charge >= 0.3 is 6.01 Å². The molecule has 20 heavy (non-hydrogen) atoms. The van der Waals surface area contributed by atoms with Crippen LogP contribution in [0, 0.1) is 24.6 Å². The monoisotopic (exact) mass is 274 g/mol. The topological polar surface area (TPSA) is 75.4 Å². The van der Waals surface area contributed by atoms with Crippen LogP contribution in [-0.2, 0) is 0 Å². The van der Waals surface area contributed by atoms with E-state index in [4.69, 9.17) is 9.52 Å². The average Bonchev–Trinajstić information content (AvgIpc) is 2.81. The van der Waals surface area contributed by atoms with E-state index in [9.17, 15) is 9.18 Å². The maximum absolute atomic E-state index is 13.8. The number of hydrogen-bond donors (Lipinski definition) is 2. The zero-order valence-corrected chi connectivity index (χ0v) is 10.6. The summed E-state index contributed by atoms with van der Waals surface area (Å²) in [7, 11) is 0. The number of benzene rings is 1. The van der Waals surface area contributed by atoms with Gasteiger partial charge in [0.05, 0.1) is 11.3 Å². The molecule has 0 atom stereocenters. The van der Waals surface area contributed by atoms with E-state index in [-0.39, 0.29) is 18.2 Å². The number of carbonyl (C=O) groups is 1. The van der Waals surface area contributed by atoms with E-state index in [1.165, 1.54) is 18.4 Å². The minimum atomic E-state index is -0.712. The molecule has 0 unspecified atom stereocenters. The molecule has 2 N–H and O–H groups in total. The number of aromatic nitrogens is 1. The summed E-state index contributed by atoms with van der Waals surface area (Å²) >= 11 is 0. The van der Waals surface area contributed by atoms with Crippen molar-refractivity contribution in [2.45, 2.75) is 6.92 Å². The van der Waals surface area contributed by atoms with E-state index in [1.807, 2.05) is 0 Å². The van der Waals surface area contributed by atoms with Gasteiger partial charge in [0.25, 0.3) is 5.91 Å². The van der Waals surface area contributed by atoms with Crippen molar-refractivity contribution in [3.05, 3.63) is 47.1 Å². The Bertz CT molecular complexity index is 698. The summed E-state index contributed by atoms with van der Waals surface area (Å²) in [5.74, 6) is 3.57. The summed E-state index contributed by atoms with van der Waals surface area (Å²) in [5, 5.41) is 10.9. The minimum absolute atomic E-state index is 0.0102. The normalized spacial score (nSPS) is 9.75. The molecule has 0 bridgehead atoms. The second-order valence-electron chi connectivity index (χ2n) is 3.90. The Morgan fingerprint density at radius 3 is 2.95 bits per heavy atom. The molecule has 0 saturated carbocycles. The number of nitrogens with zero attached hydrogens (tertiary/aromatic N) is 1. The van der Waals surface area contributed by atoms with Crippen molar-refractivity contribution in [3.63, 3.8) is 0 Å². The molecule has 0 aliphatic rings. The van der Waals surface area contributed by atoms with Gasteiger partial charge in [-0.1, -0.05) is 11.8 Å². The van der Waals surface area contributed by atoms with E-state index >= 15 is 0 Å². The Labute approximate surface area is 114 Å². The lowest BCUT2D eigenvalue weighted by molar-refractivity contribution is 0.102. The number of aliphatic hydroxyl groups is 1. The van der Waals surface area contributed by atoms with Gasteiger partial charge in [0.1, 0.15) is 18.7 Å². The summed E-state index contributed by atoms with van der Waals surface area (Å²) in [6.45, 7) is 1.39. The number of rotatable bonds is 2. The fourth-order valence-corrected chi connectivity index (χ4v) is 1.49. The molecule has 1 aromatic heterocycles. The van der Waals surface area contributed by atoms with E-state index in [0.29, 0.717) is 11.3 Å². The Morgan fingerprint density at radius 2 is 2.35 bits per heavy atom. The molecule has 2 rings (SSSR count). The highest BCUT2D eigenvalue weighted by Crippen LogP contribution is 2.13. The van der Waals surface area contributed by atoms with E-state index in [0.717, 1.165) is 6.07 Å². The largest absolute Gasteiger partial charge is 0.432 e. The van der Waals surface area contributed by atoms with Crippen molar-refractivity contribution in [1.82, 2.24) is 4.98 Å². The van der Waals surface area contributed by atoms with Gasteiger partial charge in [0, 0.05) is 5.56 Å². The highest BCUT2D eigenvalue weighted by Gasteiger charge is 2.14. The Hall–Kier alpha value is -2.65. The van der Waals surface area contributed by atoms with Crippen LogP contribution in [0.1, 0.15) is 21.6 Å². The predicted molar refractivity (Wildman–Crippen MR) is 69.6 cm³/mol. The third-order valence-corrected chi connectivity index (χ3v) is 2.36. The summed E-state index contributed by atoms with van der Waals surface area (Å²) < 4.78 is 18.8. The van der Waals surface area contributed by atoms with E-state index < -0.39 is 11.7 Å². The maximum Gasteiger partial charge on any atom is 0.301 e. The van der Waals surface area contributed by atoms with Gasteiger partial charge in [-0.3, -0.25) is 10.1 Å². The molecular formula is C14H11FN2O3. The van der Waals surface area contributed by atoms with Gasteiger partial charge in [-0.25, -0.2) is 4.39 Å². The first-order valence-electron chi connectivity index (χ1n) is 5.73. The molecule has 0 fully saturated rings. The molecule has 2 aromatic rings. The molecule has 0 aliphatic heterocycles. The van der Waals surface area contributed by atoms with Crippen molar-refractivity contribution >= 4 is 11.9 Å². The van der Waals surface area contributed by atoms with E-state index in [2.05, 4.69) is 22.1 Å². The molecule has 5 nitrogen and oxygen atoms in total. The number of amides is 1. The van der Waals surface area contributed by atoms with Crippen molar-refractivity contribution < 1.29 is 18.7 Å². The third-order valence-electron chi connectivity index (χ3n) is 2.36.